The number of carboxylic acids is 1. The van der Waals surface area contributed by atoms with Crippen molar-refractivity contribution in [1.29, 1.82) is 0 Å². The number of carbonyl (C=O) groups is 1. The summed E-state index contributed by atoms with van der Waals surface area (Å²) in [6.45, 7) is 1.74. The molecule has 1 saturated carbocycles. The monoisotopic (exact) mass is 364 g/mol. The maximum Gasteiger partial charge on any atom is 0.306 e. The Balaban J connectivity index is 1.72. The molecule has 0 radical (unpaired) electrons. The maximum atomic E-state index is 11.2. The van der Waals surface area contributed by atoms with E-state index in [1.54, 1.807) is 6.92 Å². The van der Waals surface area contributed by atoms with E-state index in [1.165, 1.54) is 12.8 Å². The van der Waals surface area contributed by atoms with Crippen molar-refractivity contribution in [3.63, 3.8) is 0 Å². The van der Waals surface area contributed by atoms with Crippen LogP contribution in [-0.4, -0.2) is 27.4 Å². The molecule has 1 aliphatic carbocycles. The molecule has 1 aromatic heterocycles. The number of aromatic nitrogens is 2. The number of hydrogen-bond acceptors (Lipinski definition) is 3. The fourth-order valence-electron chi connectivity index (χ4n) is 3.77. The van der Waals surface area contributed by atoms with Gasteiger partial charge in [-0.3, -0.25) is 9.89 Å². The Morgan fingerprint density at radius 3 is 2.85 bits per heavy atom. The number of H-pyrrole nitrogens is 1. The Kier molecular flexibility index (Phi) is 4.84. The van der Waals surface area contributed by atoms with Crippen LogP contribution in [0.1, 0.15) is 38.2 Å². The number of aliphatic carboxylic acids is 1. The van der Waals surface area contributed by atoms with Crippen molar-refractivity contribution in [2.45, 2.75) is 45.1 Å². The van der Waals surface area contributed by atoms with Crippen molar-refractivity contribution in [2.24, 2.45) is 5.92 Å². The highest BCUT2D eigenvalue weighted by Crippen LogP contribution is 2.35. The summed E-state index contributed by atoms with van der Waals surface area (Å²) >= 11 is 0. The Morgan fingerprint density at radius 2 is 2.07 bits per heavy atom. The normalized spacial score (nSPS) is 15.9. The third-order valence-corrected chi connectivity index (χ3v) is 5.35. The molecule has 2 aromatic carbocycles. The molecule has 5 nitrogen and oxygen atoms in total. The molecule has 4 rings (SSSR count). The Hall–Kier alpha value is -2.82. The van der Waals surface area contributed by atoms with Crippen LogP contribution in [0.2, 0.25) is 0 Å². The van der Waals surface area contributed by atoms with Gasteiger partial charge in [0.2, 0.25) is 0 Å². The Morgan fingerprint density at radius 1 is 1.26 bits per heavy atom. The van der Waals surface area contributed by atoms with Gasteiger partial charge >= 0.3 is 5.97 Å². The van der Waals surface area contributed by atoms with Gasteiger partial charge in [-0.05, 0) is 67.5 Å². The van der Waals surface area contributed by atoms with E-state index in [9.17, 15) is 9.90 Å². The van der Waals surface area contributed by atoms with Gasteiger partial charge in [-0.25, -0.2) is 0 Å². The number of hydrogen-bond donors (Lipinski definition) is 2. The molecule has 140 valence electrons. The number of nitrogens with one attached hydrogen (secondary N) is 1. The lowest BCUT2D eigenvalue weighted by Gasteiger charge is -2.18. The van der Waals surface area contributed by atoms with Gasteiger partial charge in [-0.2, -0.15) is 5.10 Å². The van der Waals surface area contributed by atoms with Gasteiger partial charge in [0.25, 0.3) is 0 Å². The number of carboxylic acid groups (broad SMARTS) is 1. The predicted octanol–water partition coefficient (Wildman–Crippen LogP) is 4.81. The highest BCUT2D eigenvalue weighted by molar-refractivity contribution is 5.85. The molecule has 0 aliphatic heterocycles. The first-order chi connectivity index (χ1) is 13.1. The molecule has 27 heavy (non-hydrogen) atoms. The fourth-order valence-corrected chi connectivity index (χ4v) is 3.77. The van der Waals surface area contributed by atoms with Gasteiger partial charge < -0.3 is 9.84 Å². The van der Waals surface area contributed by atoms with E-state index < -0.39 is 11.9 Å². The first-order valence-corrected chi connectivity index (χ1v) is 9.56. The van der Waals surface area contributed by atoms with Crippen LogP contribution >= 0.6 is 0 Å². The van der Waals surface area contributed by atoms with Crippen LogP contribution in [-0.2, 0) is 11.2 Å². The summed E-state index contributed by atoms with van der Waals surface area (Å²) in [5.74, 6) is -0.324. The molecule has 2 N–H and O–H groups in total. The fraction of sp³-hybridized carbons (Fsp3) is 0.364. The van der Waals surface area contributed by atoms with Gasteiger partial charge in [-0.15, -0.1) is 0 Å². The number of ether oxygens (including phenoxy) is 1. The topological polar surface area (TPSA) is 75.2 Å². The quantitative estimate of drug-likeness (QED) is 0.658. The molecule has 0 spiro atoms. The van der Waals surface area contributed by atoms with Crippen molar-refractivity contribution >= 4 is 16.9 Å². The summed E-state index contributed by atoms with van der Waals surface area (Å²) in [4.78, 5) is 11.2. The number of fused-ring (bicyclic) bond motifs is 1. The second-order valence-corrected chi connectivity index (χ2v) is 7.47. The lowest BCUT2D eigenvalue weighted by Crippen LogP contribution is -2.13. The molecule has 1 unspecified atom stereocenters. The molecule has 0 saturated heterocycles. The SMILES string of the molecule is CC(Cc1ccc(OC2CCCC2)c(-c2ccc3[nH]ncc3c2)c1)C(=O)O. The lowest BCUT2D eigenvalue weighted by atomic mass is 9.96. The largest absolute Gasteiger partial charge is 0.490 e. The minimum absolute atomic E-state index is 0.269. The van der Waals surface area contributed by atoms with Gasteiger partial charge in [0.1, 0.15) is 5.75 Å². The van der Waals surface area contributed by atoms with E-state index in [1.807, 2.05) is 24.4 Å². The van der Waals surface area contributed by atoms with Gasteiger partial charge in [0.05, 0.1) is 23.7 Å². The highest BCUT2D eigenvalue weighted by atomic mass is 16.5. The standard InChI is InChI=1S/C22H24N2O3/c1-14(22(25)26)10-15-6-9-21(27-18-4-2-3-5-18)19(11-15)16-7-8-20-17(12-16)13-23-24-20/h6-9,11-14,18H,2-5,10H2,1H3,(H,23,24)(H,25,26). The third kappa shape index (κ3) is 3.82. The predicted molar refractivity (Wildman–Crippen MR) is 105 cm³/mol. The molecule has 1 heterocycles. The van der Waals surface area contributed by atoms with Crippen LogP contribution in [0, 0.1) is 5.92 Å². The Bertz CT molecular complexity index is 957. The smallest absolute Gasteiger partial charge is 0.306 e. The minimum Gasteiger partial charge on any atom is -0.490 e. The van der Waals surface area contributed by atoms with Crippen LogP contribution in [0.4, 0.5) is 0 Å². The van der Waals surface area contributed by atoms with Gasteiger partial charge in [-0.1, -0.05) is 19.1 Å². The van der Waals surface area contributed by atoms with Gasteiger partial charge in [0.15, 0.2) is 0 Å². The van der Waals surface area contributed by atoms with E-state index in [0.717, 1.165) is 46.2 Å². The van der Waals surface area contributed by atoms with Crippen LogP contribution < -0.4 is 4.74 Å². The Labute approximate surface area is 158 Å². The third-order valence-electron chi connectivity index (χ3n) is 5.35. The first kappa shape index (κ1) is 17.6. The number of rotatable bonds is 6. The molecule has 0 amide bonds. The molecule has 1 aliphatic rings. The minimum atomic E-state index is -0.775. The summed E-state index contributed by atoms with van der Waals surface area (Å²) in [6.07, 6.45) is 7.21. The van der Waals surface area contributed by atoms with E-state index >= 15 is 0 Å². The summed E-state index contributed by atoms with van der Waals surface area (Å²) in [5, 5.41) is 17.4. The van der Waals surface area contributed by atoms with Gasteiger partial charge in [0, 0.05) is 10.9 Å². The molecule has 5 heteroatoms. The lowest BCUT2D eigenvalue weighted by molar-refractivity contribution is -0.141. The number of benzene rings is 2. The van der Waals surface area contributed by atoms with E-state index in [2.05, 4.69) is 28.4 Å². The van der Waals surface area contributed by atoms with Crippen molar-refractivity contribution in [3.05, 3.63) is 48.2 Å². The summed E-state index contributed by atoms with van der Waals surface area (Å²) in [5.41, 5.74) is 4.07. The molecular formula is C22H24N2O3. The average molecular weight is 364 g/mol. The number of nitrogens with zero attached hydrogens (tertiary/aromatic N) is 1. The molecular weight excluding hydrogens is 340 g/mol. The summed E-state index contributed by atoms with van der Waals surface area (Å²) in [6, 6.07) is 12.2. The zero-order valence-corrected chi connectivity index (χ0v) is 15.4. The van der Waals surface area contributed by atoms with Crippen molar-refractivity contribution in [2.75, 3.05) is 0 Å². The zero-order chi connectivity index (χ0) is 18.8. The summed E-state index contributed by atoms with van der Waals surface area (Å²) in [7, 11) is 0. The van der Waals surface area contributed by atoms with Crippen LogP contribution in [0.5, 0.6) is 5.75 Å². The number of aromatic amines is 1. The van der Waals surface area contributed by atoms with Crippen LogP contribution in [0.15, 0.2) is 42.6 Å². The molecule has 0 bridgehead atoms. The second-order valence-electron chi connectivity index (χ2n) is 7.47. The molecule has 1 fully saturated rings. The van der Waals surface area contributed by atoms with Crippen LogP contribution in [0.3, 0.4) is 0 Å². The highest BCUT2D eigenvalue weighted by Gasteiger charge is 2.20. The van der Waals surface area contributed by atoms with E-state index in [0.29, 0.717) is 6.42 Å². The van der Waals surface area contributed by atoms with Crippen LogP contribution in [0.25, 0.3) is 22.0 Å². The van der Waals surface area contributed by atoms with Crippen molar-refractivity contribution < 1.29 is 14.6 Å². The van der Waals surface area contributed by atoms with E-state index in [-0.39, 0.29) is 6.10 Å². The second kappa shape index (κ2) is 7.43. The van der Waals surface area contributed by atoms with Crippen molar-refractivity contribution in [1.82, 2.24) is 10.2 Å². The molecule has 1 atom stereocenters. The van der Waals surface area contributed by atoms with E-state index in [4.69, 9.17) is 4.74 Å². The van der Waals surface area contributed by atoms with Crippen molar-refractivity contribution in [3.8, 4) is 16.9 Å². The zero-order valence-electron chi connectivity index (χ0n) is 15.4. The average Bonchev–Trinajstić information content (AvgIpc) is 3.33. The summed E-state index contributed by atoms with van der Waals surface area (Å²) < 4.78 is 6.32. The maximum absolute atomic E-state index is 11.2. The molecule has 3 aromatic rings. The first-order valence-electron chi connectivity index (χ1n) is 9.56.